The smallest absolute Gasteiger partial charge is 0.229 e. The third-order valence-corrected chi connectivity index (χ3v) is 6.17. The molecule has 37 heavy (non-hydrogen) atoms. The predicted molar refractivity (Wildman–Crippen MR) is 144 cm³/mol. The van der Waals surface area contributed by atoms with E-state index >= 15 is 0 Å². The first-order valence-electron chi connectivity index (χ1n) is 11.9. The molecule has 0 saturated carbocycles. The molecule has 9 nitrogen and oxygen atoms in total. The lowest BCUT2D eigenvalue weighted by atomic mass is 9.95. The molecule has 1 amide bonds. The highest BCUT2D eigenvalue weighted by atomic mass is 16.2. The number of amides is 1. The summed E-state index contributed by atoms with van der Waals surface area (Å²) in [5.74, 6) is -0.0774. The zero-order valence-corrected chi connectivity index (χ0v) is 20.6. The van der Waals surface area contributed by atoms with Gasteiger partial charge in [-0.3, -0.25) is 24.8 Å². The van der Waals surface area contributed by atoms with Crippen LogP contribution in [0.2, 0.25) is 0 Å². The van der Waals surface area contributed by atoms with Crippen LogP contribution in [0.3, 0.4) is 0 Å². The number of carbonyl (C=O) groups excluding carboxylic acids is 1. The fourth-order valence-electron chi connectivity index (χ4n) is 4.15. The van der Waals surface area contributed by atoms with E-state index in [0.29, 0.717) is 11.4 Å². The second kappa shape index (κ2) is 8.63. The molecule has 0 aromatic carbocycles. The first-order valence-corrected chi connectivity index (χ1v) is 11.9. The van der Waals surface area contributed by atoms with Gasteiger partial charge < -0.3 is 10.3 Å². The molecule has 0 atom stereocenters. The maximum Gasteiger partial charge on any atom is 0.229 e. The lowest BCUT2D eigenvalue weighted by Crippen LogP contribution is -2.27. The van der Waals surface area contributed by atoms with Crippen LogP contribution in [0.4, 0.5) is 5.69 Å². The Bertz CT molecular complexity index is 1760. The molecule has 182 valence electrons. The fraction of sp³-hybridized carbons (Fsp3) is 0.143. The minimum atomic E-state index is -0.509. The van der Waals surface area contributed by atoms with Gasteiger partial charge in [-0.2, -0.15) is 5.10 Å². The van der Waals surface area contributed by atoms with Crippen molar-refractivity contribution in [2.75, 3.05) is 5.32 Å². The molecular formula is C28H24N8O. The van der Waals surface area contributed by atoms with Crippen LogP contribution >= 0.6 is 0 Å². The van der Waals surface area contributed by atoms with Crippen molar-refractivity contribution >= 4 is 33.5 Å². The SMILES string of the molecule is CC(C)(C)C(=O)Nc1cncc(-c2ccc3[nH]nc(-c4cc5c(-c6ccncc6)cncc5[nH]4)c3n2)c1. The van der Waals surface area contributed by atoms with Gasteiger partial charge in [-0.25, -0.2) is 4.98 Å². The number of H-pyrrole nitrogens is 2. The molecule has 0 spiro atoms. The zero-order chi connectivity index (χ0) is 25.6. The van der Waals surface area contributed by atoms with Crippen molar-refractivity contribution < 1.29 is 4.79 Å². The quantitative estimate of drug-likeness (QED) is 0.296. The van der Waals surface area contributed by atoms with Gasteiger partial charge >= 0.3 is 0 Å². The maximum absolute atomic E-state index is 12.4. The zero-order valence-electron chi connectivity index (χ0n) is 20.6. The van der Waals surface area contributed by atoms with Crippen LogP contribution in [-0.4, -0.2) is 41.0 Å². The monoisotopic (exact) mass is 488 g/mol. The summed E-state index contributed by atoms with van der Waals surface area (Å²) in [6.07, 6.45) is 10.6. The van der Waals surface area contributed by atoms with E-state index in [1.165, 1.54) is 0 Å². The summed E-state index contributed by atoms with van der Waals surface area (Å²) >= 11 is 0. The van der Waals surface area contributed by atoms with Crippen molar-refractivity contribution in [2.45, 2.75) is 20.8 Å². The third kappa shape index (κ3) is 4.20. The standard InChI is InChI=1S/C28H24N8O/c1-28(2,3)27(37)32-18-10-17(12-30-13-18)21-4-5-22-25(34-21)26(36-35-22)23-11-19-20(14-31-15-24(19)33-23)16-6-8-29-9-7-16/h4-15,33H,1-3H3,(H,32,37)(H,35,36). The van der Waals surface area contributed by atoms with E-state index in [1.54, 1.807) is 31.0 Å². The van der Waals surface area contributed by atoms with Crippen molar-refractivity contribution in [2.24, 2.45) is 5.41 Å². The second-order valence-electron chi connectivity index (χ2n) is 9.90. The fourth-order valence-corrected chi connectivity index (χ4v) is 4.15. The van der Waals surface area contributed by atoms with Gasteiger partial charge in [0.05, 0.1) is 40.5 Å². The minimum absolute atomic E-state index is 0.0774. The Labute approximate surface area is 212 Å². The number of carbonyl (C=O) groups is 1. The molecule has 0 aliphatic rings. The van der Waals surface area contributed by atoms with Crippen LogP contribution in [0.15, 0.2) is 73.6 Å². The van der Waals surface area contributed by atoms with Gasteiger partial charge in [0.1, 0.15) is 11.2 Å². The highest BCUT2D eigenvalue weighted by Crippen LogP contribution is 2.33. The topological polar surface area (TPSA) is 125 Å². The highest BCUT2D eigenvalue weighted by molar-refractivity contribution is 6.00. The summed E-state index contributed by atoms with van der Waals surface area (Å²) in [6, 6.07) is 11.7. The maximum atomic E-state index is 12.4. The van der Waals surface area contributed by atoms with E-state index < -0.39 is 5.41 Å². The summed E-state index contributed by atoms with van der Waals surface area (Å²) in [4.78, 5) is 33.6. The molecule has 0 aliphatic heterocycles. The molecular weight excluding hydrogens is 464 g/mol. The van der Waals surface area contributed by atoms with E-state index in [4.69, 9.17) is 4.98 Å². The Kier molecular flexibility index (Phi) is 5.26. The van der Waals surface area contributed by atoms with Gasteiger partial charge in [-0.15, -0.1) is 0 Å². The molecule has 6 rings (SSSR count). The Morgan fingerprint density at radius 3 is 2.49 bits per heavy atom. The van der Waals surface area contributed by atoms with Gasteiger partial charge in [-0.05, 0) is 42.0 Å². The Balaban J connectivity index is 1.40. The molecule has 3 N–H and O–H groups in total. The van der Waals surface area contributed by atoms with Crippen LogP contribution in [0, 0.1) is 5.41 Å². The molecule has 0 bridgehead atoms. The van der Waals surface area contributed by atoms with E-state index in [1.807, 2.05) is 57.3 Å². The van der Waals surface area contributed by atoms with Crippen molar-refractivity contribution in [1.29, 1.82) is 0 Å². The number of anilines is 1. The van der Waals surface area contributed by atoms with Gasteiger partial charge in [0.25, 0.3) is 0 Å². The van der Waals surface area contributed by atoms with Crippen LogP contribution in [-0.2, 0) is 4.79 Å². The predicted octanol–water partition coefficient (Wildman–Crippen LogP) is 5.61. The van der Waals surface area contributed by atoms with Crippen LogP contribution in [0.5, 0.6) is 0 Å². The first kappa shape index (κ1) is 22.5. The molecule has 6 aromatic rings. The number of hydrogen-bond donors (Lipinski definition) is 3. The first-order chi connectivity index (χ1) is 17.9. The number of hydrogen-bond acceptors (Lipinski definition) is 6. The summed E-state index contributed by atoms with van der Waals surface area (Å²) in [5, 5.41) is 11.6. The van der Waals surface area contributed by atoms with E-state index in [2.05, 4.69) is 41.5 Å². The Morgan fingerprint density at radius 2 is 1.68 bits per heavy atom. The summed E-state index contributed by atoms with van der Waals surface area (Å²) < 4.78 is 0. The number of nitrogens with one attached hydrogen (secondary N) is 3. The van der Waals surface area contributed by atoms with Gasteiger partial charge in [-0.1, -0.05) is 20.8 Å². The van der Waals surface area contributed by atoms with E-state index in [0.717, 1.165) is 50.0 Å². The lowest BCUT2D eigenvalue weighted by Gasteiger charge is -2.17. The Morgan fingerprint density at radius 1 is 0.865 bits per heavy atom. The van der Waals surface area contributed by atoms with Crippen molar-refractivity contribution in [3.05, 3.63) is 73.6 Å². The van der Waals surface area contributed by atoms with Crippen LogP contribution < -0.4 is 5.32 Å². The lowest BCUT2D eigenvalue weighted by molar-refractivity contribution is -0.123. The molecule has 0 fully saturated rings. The number of rotatable bonds is 4. The number of nitrogens with zero attached hydrogens (tertiary/aromatic N) is 5. The van der Waals surface area contributed by atoms with Crippen LogP contribution in [0.25, 0.3) is 55.7 Å². The van der Waals surface area contributed by atoms with Crippen molar-refractivity contribution in [3.63, 3.8) is 0 Å². The largest absolute Gasteiger partial charge is 0.352 e. The van der Waals surface area contributed by atoms with Gasteiger partial charge in [0.15, 0.2) is 0 Å². The normalized spacial score (nSPS) is 11.8. The van der Waals surface area contributed by atoms with Crippen molar-refractivity contribution in [3.8, 4) is 33.8 Å². The number of aromatic amines is 2. The van der Waals surface area contributed by atoms with Gasteiger partial charge in [0, 0.05) is 46.7 Å². The number of aromatic nitrogens is 7. The van der Waals surface area contributed by atoms with Gasteiger partial charge in [0.2, 0.25) is 5.91 Å². The number of pyridine rings is 4. The molecule has 0 aliphatic carbocycles. The van der Waals surface area contributed by atoms with E-state index in [-0.39, 0.29) is 5.91 Å². The third-order valence-electron chi connectivity index (χ3n) is 6.17. The molecule has 0 saturated heterocycles. The molecule has 6 heterocycles. The highest BCUT2D eigenvalue weighted by Gasteiger charge is 2.21. The molecule has 6 aromatic heterocycles. The molecule has 9 heteroatoms. The Hall–Kier alpha value is -4.92. The second-order valence-corrected chi connectivity index (χ2v) is 9.90. The average molecular weight is 489 g/mol. The molecule has 0 unspecified atom stereocenters. The molecule has 0 radical (unpaired) electrons. The minimum Gasteiger partial charge on any atom is -0.352 e. The number of fused-ring (bicyclic) bond motifs is 2. The summed E-state index contributed by atoms with van der Waals surface area (Å²) in [5.41, 5.74) is 7.67. The average Bonchev–Trinajstić information content (AvgIpc) is 3.52. The summed E-state index contributed by atoms with van der Waals surface area (Å²) in [7, 11) is 0. The van der Waals surface area contributed by atoms with Crippen molar-refractivity contribution in [1.82, 2.24) is 35.1 Å². The summed E-state index contributed by atoms with van der Waals surface area (Å²) in [6.45, 7) is 5.61. The van der Waals surface area contributed by atoms with Crippen LogP contribution in [0.1, 0.15) is 20.8 Å². The van der Waals surface area contributed by atoms with E-state index in [9.17, 15) is 4.79 Å².